The van der Waals surface area contributed by atoms with Crippen molar-refractivity contribution in [3.63, 3.8) is 0 Å². The second-order valence-electron chi connectivity index (χ2n) is 3.89. The van der Waals surface area contributed by atoms with Gasteiger partial charge in [0.15, 0.2) is 0 Å². The van der Waals surface area contributed by atoms with Crippen LogP contribution >= 0.6 is 0 Å². The molecule has 0 aromatic heterocycles. The minimum atomic E-state index is -1.33. The molecule has 1 saturated heterocycles. The van der Waals surface area contributed by atoms with Crippen LogP contribution in [0.2, 0.25) is 11.6 Å². The van der Waals surface area contributed by atoms with Crippen molar-refractivity contribution in [2.24, 2.45) is 0 Å². The molecule has 1 fully saturated rings. The van der Waals surface area contributed by atoms with E-state index in [-0.39, 0.29) is 0 Å². The first-order valence-electron chi connectivity index (χ1n) is 5.46. The van der Waals surface area contributed by atoms with Crippen LogP contribution in [0.25, 0.3) is 0 Å². The van der Waals surface area contributed by atoms with Crippen molar-refractivity contribution in [1.82, 2.24) is 0 Å². The Balaban J connectivity index is 1.88. The molecule has 3 nitrogen and oxygen atoms in total. The fourth-order valence-corrected chi connectivity index (χ4v) is 2.60. The van der Waals surface area contributed by atoms with Gasteiger partial charge in [0.2, 0.25) is 0 Å². The van der Waals surface area contributed by atoms with Gasteiger partial charge in [-0.15, -0.1) is 0 Å². The van der Waals surface area contributed by atoms with E-state index in [2.05, 4.69) is 6.92 Å². The van der Waals surface area contributed by atoms with Crippen molar-refractivity contribution >= 4 is 8.68 Å². The van der Waals surface area contributed by atoms with Crippen LogP contribution in [0.4, 0.5) is 0 Å². The van der Waals surface area contributed by atoms with Crippen LogP contribution in [-0.2, 0) is 13.9 Å². The lowest BCUT2D eigenvalue weighted by Crippen LogP contribution is -2.08. The first-order chi connectivity index (χ1) is 6.74. The molecule has 0 aliphatic carbocycles. The third kappa shape index (κ3) is 4.98. The number of ether oxygens (including phenoxy) is 2. The average molecular weight is 216 g/mol. The highest BCUT2D eigenvalue weighted by Crippen LogP contribution is 2.15. The Morgan fingerprint density at radius 1 is 1.64 bits per heavy atom. The Labute approximate surface area is 87.4 Å². The molecule has 1 rings (SSSR count). The lowest BCUT2D eigenvalue weighted by Gasteiger charge is -2.07. The molecule has 0 spiro atoms. The molecule has 1 aliphatic rings. The summed E-state index contributed by atoms with van der Waals surface area (Å²) in [7, 11) is -1.33. The molecule has 1 heterocycles. The summed E-state index contributed by atoms with van der Waals surface area (Å²) >= 11 is 0. The number of hydrogen-bond acceptors (Lipinski definition) is 3. The molecule has 2 unspecified atom stereocenters. The maximum absolute atomic E-state index is 11.4. The van der Waals surface area contributed by atoms with Gasteiger partial charge in [0.1, 0.15) is 6.10 Å². The topological polar surface area (TPSA) is 38.8 Å². The smallest absolute Gasteiger partial charge is 0.279 e. The third-order valence-corrected chi connectivity index (χ3v) is 4.61. The average Bonchev–Trinajstić information content (AvgIpc) is 2.99. The predicted octanol–water partition coefficient (Wildman–Crippen LogP) is 2.01. The molecular weight excluding hydrogens is 196 g/mol. The van der Waals surface area contributed by atoms with E-state index in [1.54, 1.807) is 0 Å². The minimum absolute atomic E-state index is 0.363. The molecule has 0 aromatic rings. The maximum atomic E-state index is 11.4. The Hall–Kier alpha value is -0.0631. The van der Waals surface area contributed by atoms with Crippen molar-refractivity contribution in [3.05, 3.63) is 0 Å². The highest BCUT2D eigenvalue weighted by Gasteiger charge is 2.22. The molecular formula is C10H20O3Si. The van der Waals surface area contributed by atoms with Gasteiger partial charge in [-0.3, -0.25) is 0 Å². The van der Waals surface area contributed by atoms with Gasteiger partial charge in [-0.25, -0.2) is 0 Å². The van der Waals surface area contributed by atoms with Gasteiger partial charge in [0.25, 0.3) is 8.68 Å². The van der Waals surface area contributed by atoms with Gasteiger partial charge in [-0.2, -0.15) is 0 Å². The Bertz CT molecular complexity index is 180. The molecule has 2 atom stereocenters. The molecule has 0 radical (unpaired) electrons. The molecule has 14 heavy (non-hydrogen) atoms. The fraction of sp³-hybridized carbons (Fsp3) is 1.00. The molecule has 0 N–H and O–H groups in total. The quantitative estimate of drug-likeness (QED) is 0.354. The zero-order valence-corrected chi connectivity index (χ0v) is 10.1. The van der Waals surface area contributed by atoms with Gasteiger partial charge < -0.3 is 13.9 Å². The summed E-state index contributed by atoms with van der Waals surface area (Å²) in [5.74, 6) is 0. The van der Waals surface area contributed by atoms with E-state index in [1.165, 1.54) is 0 Å². The summed E-state index contributed by atoms with van der Waals surface area (Å²) in [6, 6.07) is 0.836. The summed E-state index contributed by atoms with van der Waals surface area (Å²) < 4.78 is 21.8. The van der Waals surface area contributed by atoms with Crippen LogP contribution in [0.15, 0.2) is 0 Å². The molecule has 1 aliphatic heterocycles. The zero-order valence-electron chi connectivity index (χ0n) is 9.12. The van der Waals surface area contributed by atoms with Crippen LogP contribution in [0.5, 0.6) is 0 Å². The SMILES string of the molecule is CC[Si](=O)C(C)CCCOCC1CO1. The summed E-state index contributed by atoms with van der Waals surface area (Å²) in [5.41, 5.74) is 0.380. The monoisotopic (exact) mass is 216 g/mol. The van der Waals surface area contributed by atoms with Crippen LogP contribution in [-0.4, -0.2) is 34.6 Å². The first-order valence-corrected chi connectivity index (χ1v) is 7.15. The van der Waals surface area contributed by atoms with E-state index in [0.29, 0.717) is 11.6 Å². The molecule has 0 aromatic carbocycles. The number of epoxide rings is 1. The van der Waals surface area contributed by atoms with Crippen molar-refractivity contribution in [2.45, 2.75) is 44.4 Å². The van der Waals surface area contributed by atoms with Crippen molar-refractivity contribution in [1.29, 1.82) is 0 Å². The summed E-state index contributed by atoms with van der Waals surface area (Å²) in [4.78, 5) is 0. The van der Waals surface area contributed by atoms with Gasteiger partial charge >= 0.3 is 0 Å². The number of rotatable bonds is 8. The van der Waals surface area contributed by atoms with E-state index < -0.39 is 8.68 Å². The lowest BCUT2D eigenvalue weighted by molar-refractivity contribution is 0.113. The van der Waals surface area contributed by atoms with Crippen molar-refractivity contribution in [3.8, 4) is 0 Å². The van der Waals surface area contributed by atoms with Crippen LogP contribution in [0.3, 0.4) is 0 Å². The highest BCUT2D eigenvalue weighted by molar-refractivity contribution is 6.44. The predicted molar refractivity (Wildman–Crippen MR) is 56.1 cm³/mol. The largest absolute Gasteiger partial charge is 0.388 e. The zero-order chi connectivity index (χ0) is 10.4. The normalized spacial score (nSPS) is 22.0. The second kappa shape index (κ2) is 6.43. The standard InChI is InChI=1S/C10H20O3Si/c1-3-14(11)9(2)5-4-6-12-7-10-8-13-10/h9-10H,3-8H2,1-2H3. The minimum Gasteiger partial charge on any atom is -0.388 e. The van der Waals surface area contributed by atoms with Gasteiger partial charge in [-0.05, 0) is 18.9 Å². The van der Waals surface area contributed by atoms with E-state index in [9.17, 15) is 4.46 Å². The Kier molecular flexibility index (Phi) is 5.51. The fourth-order valence-electron chi connectivity index (χ4n) is 1.38. The highest BCUT2D eigenvalue weighted by atomic mass is 28.3. The van der Waals surface area contributed by atoms with Crippen molar-refractivity contribution in [2.75, 3.05) is 19.8 Å². The maximum Gasteiger partial charge on any atom is 0.279 e. The van der Waals surface area contributed by atoms with E-state index in [1.807, 2.05) is 6.92 Å². The Morgan fingerprint density at radius 2 is 2.36 bits per heavy atom. The van der Waals surface area contributed by atoms with Crippen LogP contribution in [0, 0.1) is 0 Å². The summed E-state index contributed by atoms with van der Waals surface area (Å²) in [5, 5.41) is 0. The number of hydrogen-bond donors (Lipinski definition) is 0. The summed E-state index contributed by atoms with van der Waals surface area (Å²) in [6.45, 7) is 6.45. The van der Waals surface area contributed by atoms with Gasteiger partial charge in [-0.1, -0.05) is 13.8 Å². The van der Waals surface area contributed by atoms with E-state index in [0.717, 1.165) is 38.7 Å². The first kappa shape index (κ1) is 12.0. The van der Waals surface area contributed by atoms with Gasteiger partial charge in [0, 0.05) is 12.1 Å². The summed E-state index contributed by atoms with van der Waals surface area (Å²) in [6.07, 6.45) is 2.41. The molecule has 4 heteroatoms. The van der Waals surface area contributed by atoms with Crippen LogP contribution in [0.1, 0.15) is 26.7 Å². The lowest BCUT2D eigenvalue weighted by atomic mass is 10.2. The molecule has 0 bridgehead atoms. The molecule has 82 valence electrons. The molecule has 0 amide bonds. The third-order valence-electron chi connectivity index (χ3n) is 2.53. The van der Waals surface area contributed by atoms with E-state index in [4.69, 9.17) is 9.47 Å². The Morgan fingerprint density at radius 3 is 2.93 bits per heavy atom. The van der Waals surface area contributed by atoms with E-state index >= 15 is 0 Å². The van der Waals surface area contributed by atoms with Crippen molar-refractivity contribution < 1.29 is 13.9 Å². The second-order valence-corrected chi connectivity index (χ2v) is 6.52. The van der Waals surface area contributed by atoms with Crippen LogP contribution < -0.4 is 0 Å². The van der Waals surface area contributed by atoms with Gasteiger partial charge in [0.05, 0.1) is 13.2 Å². The molecule has 0 saturated carbocycles.